The normalized spacial score (nSPS) is 11.7. The van der Waals surface area contributed by atoms with Crippen LogP contribution in [-0.2, 0) is 10.0 Å². The minimum atomic E-state index is -3.77. The van der Waals surface area contributed by atoms with E-state index in [0.29, 0.717) is 26.2 Å². The van der Waals surface area contributed by atoms with Crippen molar-refractivity contribution in [3.8, 4) is 0 Å². The maximum absolute atomic E-state index is 12.5. The van der Waals surface area contributed by atoms with Crippen LogP contribution in [0.3, 0.4) is 0 Å². The number of rotatable bonds is 10. The molecule has 136 valence electrons. The van der Waals surface area contributed by atoms with Crippen LogP contribution in [0.25, 0.3) is 0 Å². The van der Waals surface area contributed by atoms with Gasteiger partial charge in [-0.25, -0.2) is 18.2 Å². The molecule has 0 saturated carbocycles. The molecule has 24 heavy (non-hydrogen) atoms. The molecule has 0 aliphatic heterocycles. The fraction of sp³-hybridized carbons (Fsp3) is 0.667. The predicted octanol–water partition coefficient (Wildman–Crippen LogP) is 1.95. The number of carbonyl (C=O) groups excluding carboxylic acids is 1. The van der Waals surface area contributed by atoms with Gasteiger partial charge in [0.15, 0.2) is 0 Å². The average molecular weight is 357 g/mol. The van der Waals surface area contributed by atoms with Gasteiger partial charge in [0.1, 0.15) is 6.33 Å². The Balaban J connectivity index is 2.96. The zero-order chi connectivity index (χ0) is 18.2. The maximum Gasteiger partial charge on any atom is 0.346 e. The van der Waals surface area contributed by atoms with Gasteiger partial charge in [-0.1, -0.05) is 39.7 Å². The quantitative estimate of drug-likeness (QED) is 0.472. The minimum Gasteiger partial charge on any atom is -0.319 e. The van der Waals surface area contributed by atoms with Gasteiger partial charge in [-0.3, -0.25) is 0 Å². The van der Waals surface area contributed by atoms with Crippen molar-refractivity contribution in [1.82, 2.24) is 24.0 Å². The molecule has 0 unspecified atom stereocenters. The van der Waals surface area contributed by atoms with Gasteiger partial charge in [0, 0.05) is 26.2 Å². The van der Waals surface area contributed by atoms with E-state index in [1.165, 1.54) is 4.31 Å². The van der Waals surface area contributed by atoms with Gasteiger partial charge in [-0.15, -0.1) is 11.7 Å². The number of hydrogen-bond donors (Lipinski definition) is 0. The summed E-state index contributed by atoms with van der Waals surface area (Å²) in [5, 5.41) is 3.53. The number of amides is 1. The first-order valence-electron chi connectivity index (χ1n) is 8.24. The fourth-order valence-corrected chi connectivity index (χ4v) is 3.54. The summed E-state index contributed by atoms with van der Waals surface area (Å²) in [5.41, 5.74) is 0. The standard InChI is InChI=1S/C15H27N5O3S/c1-5-9-10-12-18(11-6-2)15(21)20-13-16-14(17-20)24(22,23)19(7-3)8-4/h6,13H,2,5,7-12H2,1,3-4H3. The van der Waals surface area contributed by atoms with E-state index in [9.17, 15) is 13.2 Å². The van der Waals surface area contributed by atoms with Gasteiger partial charge < -0.3 is 4.90 Å². The molecule has 0 radical (unpaired) electrons. The van der Waals surface area contributed by atoms with Crippen molar-refractivity contribution < 1.29 is 13.2 Å². The van der Waals surface area contributed by atoms with E-state index in [1.54, 1.807) is 24.8 Å². The third kappa shape index (κ3) is 4.88. The fourth-order valence-electron chi connectivity index (χ4n) is 2.26. The van der Waals surface area contributed by atoms with Crippen LogP contribution in [0.5, 0.6) is 0 Å². The average Bonchev–Trinajstić information content (AvgIpc) is 3.05. The Bertz CT molecular complexity index is 637. The Morgan fingerprint density at radius 1 is 1.29 bits per heavy atom. The van der Waals surface area contributed by atoms with Crippen molar-refractivity contribution in [3.05, 3.63) is 19.0 Å². The lowest BCUT2D eigenvalue weighted by atomic mass is 10.2. The van der Waals surface area contributed by atoms with Crippen LogP contribution < -0.4 is 0 Å². The molecule has 1 amide bonds. The maximum atomic E-state index is 12.5. The van der Waals surface area contributed by atoms with Crippen LogP contribution in [-0.4, -0.2) is 64.6 Å². The van der Waals surface area contributed by atoms with E-state index >= 15 is 0 Å². The zero-order valence-electron chi connectivity index (χ0n) is 14.7. The summed E-state index contributed by atoms with van der Waals surface area (Å²) in [6.45, 7) is 10.8. The van der Waals surface area contributed by atoms with Crippen molar-refractivity contribution >= 4 is 16.1 Å². The third-order valence-corrected chi connectivity index (χ3v) is 5.44. The monoisotopic (exact) mass is 357 g/mol. The molecular formula is C15H27N5O3S. The number of hydrogen-bond acceptors (Lipinski definition) is 5. The van der Waals surface area contributed by atoms with Gasteiger partial charge in [0.05, 0.1) is 0 Å². The van der Waals surface area contributed by atoms with Crippen molar-refractivity contribution in [3.63, 3.8) is 0 Å². The summed E-state index contributed by atoms with van der Waals surface area (Å²) in [5.74, 6) is 0. The number of sulfonamides is 1. The Morgan fingerprint density at radius 2 is 1.96 bits per heavy atom. The zero-order valence-corrected chi connectivity index (χ0v) is 15.5. The van der Waals surface area contributed by atoms with Gasteiger partial charge >= 0.3 is 6.03 Å². The number of aromatic nitrogens is 3. The molecule has 0 atom stereocenters. The molecule has 0 aliphatic carbocycles. The second-order valence-electron chi connectivity index (χ2n) is 5.29. The summed E-state index contributed by atoms with van der Waals surface area (Å²) >= 11 is 0. The van der Waals surface area contributed by atoms with Gasteiger partial charge in [-0.05, 0) is 6.42 Å². The van der Waals surface area contributed by atoms with Crippen LogP contribution in [0.15, 0.2) is 24.1 Å². The summed E-state index contributed by atoms with van der Waals surface area (Å²) in [7, 11) is -3.77. The second kappa shape index (κ2) is 9.53. The number of nitrogens with zero attached hydrogens (tertiary/aromatic N) is 5. The number of unbranched alkanes of at least 4 members (excludes halogenated alkanes) is 2. The highest BCUT2D eigenvalue weighted by molar-refractivity contribution is 7.88. The molecule has 0 N–H and O–H groups in total. The third-order valence-electron chi connectivity index (χ3n) is 3.59. The molecule has 1 heterocycles. The SMILES string of the molecule is C=CCN(CCCCC)C(=O)n1cnc(S(=O)(=O)N(CC)CC)n1. The lowest BCUT2D eigenvalue weighted by Crippen LogP contribution is -2.36. The van der Waals surface area contributed by atoms with Crippen molar-refractivity contribution in [1.29, 1.82) is 0 Å². The van der Waals surface area contributed by atoms with Crippen LogP contribution in [0.4, 0.5) is 4.79 Å². The van der Waals surface area contributed by atoms with Gasteiger partial charge in [-0.2, -0.15) is 8.99 Å². The van der Waals surface area contributed by atoms with Gasteiger partial charge in [0.25, 0.3) is 15.2 Å². The topological polar surface area (TPSA) is 88.4 Å². The summed E-state index contributed by atoms with van der Waals surface area (Å²) in [6, 6.07) is -0.403. The second-order valence-corrected chi connectivity index (χ2v) is 7.12. The Morgan fingerprint density at radius 3 is 2.50 bits per heavy atom. The lowest BCUT2D eigenvalue weighted by Gasteiger charge is -2.20. The molecule has 1 aromatic heterocycles. The van der Waals surface area contributed by atoms with Crippen molar-refractivity contribution in [2.24, 2.45) is 0 Å². The smallest absolute Gasteiger partial charge is 0.319 e. The van der Waals surface area contributed by atoms with Crippen molar-refractivity contribution in [2.75, 3.05) is 26.2 Å². The first kappa shape index (κ1) is 20.3. The highest BCUT2D eigenvalue weighted by Gasteiger charge is 2.27. The molecule has 0 spiro atoms. The predicted molar refractivity (Wildman–Crippen MR) is 92.2 cm³/mol. The molecule has 9 heteroatoms. The Hall–Kier alpha value is -1.74. The Labute approximate surface area is 144 Å². The van der Waals surface area contributed by atoms with Crippen LogP contribution in [0.2, 0.25) is 0 Å². The largest absolute Gasteiger partial charge is 0.346 e. The van der Waals surface area contributed by atoms with Crippen molar-refractivity contribution in [2.45, 2.75) is 45.2 Å². The first-order valence-corrected chi connectivity index (χ1v) is 9.68. The van der Waals surface area contributed by atoms with Crippen LogP contribution >= 0.6 is 0 Å². The van der Waals surface area contributed by atoms with Crippen LogP contribution in [0, 0.1) is 0 Å². The molecular weight excluding hydrogens is 330 g/mol. The molecule has 1 rings (SSSR count). The van der Waals surface area contributed by atoms with E-state index in [4.69, 9.17) is 0 Å². The van der Waals surface area contributed by atoms with E-state index in [1.807, 2.05) is 0 Å². The van der Waals surface area contributed by atoms with Crippen LogP contribution in [0.1, 0.15) is 40.0 Å². The highest BCUT2D eigenvalue weighted by atomic mass is 32.2. The summed E-state index contributed by atoms with van der Waals surface area (Å²) in [4.78, 5) is 17.9. The highest BCUT2D eigenvalue weighted by Crippen LogP contribution is 2.10. The molecule has 0 bridgehead atoms. The van der Waals surface area contributed by atoms with E-state index < -0.39 is 16.1 Å². The van der Waals surface area contributed by atoms with E-state index in [0.717, 1.165) is 30.3 Å². The molecule has 0 saturated heterocycles. The van der Waals surface area contributed by atoms with Gasteiger partial charge in [0.2, 0.25) is 0 Å². The van der Waals surface area contributed by atoms with E-state index in [2.05, 4.69) is 23.6 Å². The minimum absolute atomic E-state index is 0.320. The Kier molecular flexibility index (Phi) is 8.06. The lowest BCUT2D eigenvalue weighted by molar-refractivity contribution is 0.200. The first-order chi connectivity index (χ1) is 11.4. The molecule has 1 aromatic rings. The summed E-state index contributed by atoms with van der Waals surface area (Å²) < 4.78 is 27.0. The molecule has 0 aliphatic rings. The molecule has 8 nitrogen and oxygen atoms in total. The molecule has 0 aromatic carbocycles. The summed E-state index contributed by atoms with van der Waals surface area (Å²) in [6.07, 6.45) is 5.71. The number of carbonyl (C=O) groups is 1. The molecule has 0 fully saturated rings. The van der Waals surface area contributed by atoms with E-state index in [-0.39, 0.29) is 5.16 Å².